The fourth-order valence-corrected chi connectivity index (χ4v) is 3.14. The van der Waals surface area contributed by atoms with Crippen molar-refractivity contribution >= 4 is 52.5 Å². The molecule has 2 aromatic rings. The molecule has 2 aromatic carbocycles. The van der Waals surface area contributed by atoms with Gasteiger partial charge in [-0.3, -0.25) is 4.79 Å². The second-order valence-corrected chi connectivity index (χ2v) is 7.48. The maximum atomic E-state index is 12.2. The third kappa shape index (κ3) is 5.10. The molecule has 0 saturated carbocycles. The molecule has 0 aliphatic carbocycles. The maximum absolute atomic E-state index is 12.2. The minimum atomic E-state index is -0.734. The van der Waals surface area contributed by atoms with Crippen molar-refractivity contribution in [2.75, 3.05) is 0 Å². The number of carbonyl (C=O) groups excluding carboxylic acids is 1. The molecule has 0 radical (unpaired) electrons. The number of halogens is 3. The van der Waals surface area contributed by atoms with Gasteiger partial charge >= 0.3 is 0 Å². The number of benzene rings is 2. The molecule has 0 fully saturated rings. The first kappa shape index (κ1) is 17.5. The van der Waals surface area contributed by atoms with Crippen molar-refractivity contribution in [1.82, 2.24) is 5.32 Å². The first-order valence-electron chi connectivity index (χ1n) is 6.53. The molecular weight excluding hydrogens is 361 g/mol. The van der Waals surface area contributed by atoms with E-state index in [1.54, 1.807) is 24.3 Å². The molecule has 0 aliphatic rings. The van der Waals surface area contributed by atoms with E-state index in [0.29, 0.717) is 10.6 Å². The minimum absolute atomic E-state index is 0.243. The van der Waals surface area contributed by atoms with Crippen LogP contribution >= 0.6 is 46.6 Å². The van der Waals surface area contributed by atoms with Gasteiger partial charge in [0.15, 0.2) is 0 Å². The number of thioether (sulfide) groups is 1. The number of nitrogens with one attached hydrogen (secondary N) is 1. The topological polar surface area (TPSA) is 29.1 Å². The van der Waals surface area contributed by atoms with Crippen LogP contribution in [0.1, 0.15) is 15.9 Å². The number of amides is 1. The van der Waals surface area contributed by atoms with Crippen LogP contribution in [0.4, 0.5) is 0 Å². The van der Waals surface area contributed by atoms with Gasteiger partial charge in [0.25, 0.3) is 5.91 Å². The van der Waals surface area contributed by atoms with E-state index < -0.39 is 10.2 Å². The first-order chi connectivity index (χ1) is 10.5. The van der Waals surface area contributed by atoms with Crippen molar-refractivity contribution in [3.63, 3.8) is 0 Å². The molecule has 0 aromatic heterocycles. The van der Waals surface area contributed by atoms with Gasteiger partial charge in [-0.2, -0.15) is 0 Å². The van der Waals surface area contributed by atoms with Gasteiger partial charge < -0.3 is 5.32 Å². The Kier molecular flexibility index (Phi) is 6.45. The van der Waals surface area contributed by atoms with E-state index in [2.05, 4.69) is 5.32 Å². The van der Waals surface area contributed by atoms with Gasteiger partial charge in [-0.1, -0.05) is 41.1 Å². The third-order valence-electron chi connectivity index (χ3n) is 2.89. The molecule has 0 aliphatic heterocycles. The van der Waals surface area contributed by atoms with E-state index in [-0.39, 0.29) is 5.91 Å². The van der Waals surface area contributed by atoms with Gasteiger partial charge in [0.1, 0.15) is 10.2 Å². The van der Waals surface area contributed by atoms with E-state index >= 15 is 0 Å². The SMILES string of the molecule is Cc1ccc(S[C@H](NC(=O)c2ccc(Cl)cc2)C(Cl)Cl)cc1. The van der Waals surface area contributed by atoms with Crippen LogP contribution in [0, 0.1) is 6.92 Å². The molecule has 0 heterocycles. The Hall–Kier alpha value is -0.870. The lowest BCUT2D eigenvalue weighted by Crippen LogP contribution is -2.36. The smallest absolute Gasteiger partial charge is 0.252 e. The Balaban J connectivity index is 2.06. The number of hydrogen-bond donors (Lipinski definition) is 1. The Morgan fingerprint density at radius 3 is 2.18 bits per heavy atom. The summed E-state index contributed by atoms with van der Waals surface area (Å²) in [4.78, 5) is 12.5. The Labute approximate surface area is 149 Å². The fraction of sp³-hybridized carbons (Fsp3) is 0.188. The van der Waals surface area contributed by atoms with Gasteiger partial charge in [-0.05, 0) is 43.3 Å². The standard InChI is InChI=1S/C16H14Cl3NOS/c1-10-2-8-13(9-3-10)22-16(14(18)19)20-15(21)11-4-6-12(17)7-5-11/h2-9,14,16H,1H3,(H,20,21)/t16-/m0/s1. The van der Waals surface area contributed by atoms with Crippen molar-refractivity contribution in [3.8, 4) is 0 Å². The molecule has 0 spiro atoms. The van der Waals surface area contributed by atoms with Crippen LogP contribution in [0.15, 0.2) is 53.4 Å². The zero-order valence-electron chi connectivity index (χ0n) is 11.7. The lowest BCUT2D eigenvalue weighted by Gasteiger charge is -2.19. The molecule has 116 valence electrons. The van der Waals surface area contributed by atoms with Crippen molar-refractivity contribution < 1.29 is 4.79 Å². The number of hydrogen-bond acceptors (Lipinski definition) is 2. The highest BCUT2D eigenvalue weighted by Gasteiger charge is 2.21. The molecule has 1 N–H and O–H groups in total. The molecule has 1 amide bonds. The predicted molar refractivity (Wildman–Crippen MR) is 95.2 cm³/mol. The Morgan fingerprint density at radius 1 is 1.05 bits per heavy atom. The van der Waals surface area contributed by atoms with E-state index in [4.69, 9.17) is 34.8 Å². The first-order valence-corrected chi connectivity index (χ1v) is 8.66. The summed E-state index contributed by atoms with van der Waals surface area (Å²) in [7, 11) is 0. The number of aryl methyl sites for hydroxylation is 1. The van der Waals surface area contributed by atoms with Gasteiger partial charge in [0, 0.05) is 15.5 Å². The van der Waals surface area contributed by atoms with Gasteiger partial charge in [0.05, 0.1) is 0 Å². The molecular formula is C16H14Cl3NOS. The van der Waals surface area contributed by atoms with E-state index in [1.165, 1.54) is 17.3 Å². The number of carbonyl (C=O) groups is 1. The summed E-state index contributed by atoms with van der Waals surface area (Å²) in [6, 6.07) is 14.6. The van der Waals surface area contributed by atoms with Crippen molar-refractivity contribution in [2.24, 2.45) is 0 Å². The minimum Gasteiger partial charge on any atom is -0.337 e. The molecule has 2 rings (SSSR count). The molecule has 22 heavy (non-hydrogen) atoms. The largest absolute Gasteiger partial charge is 0.337 e. The summed E-state index contributed by atoms with van der Waals surface area (Å²) in [5, 5.41) is 2.96. The van der Waals surface area contributed by atoms with Crippen LogP contribution in [-0.2, 0) is 0 Å². The molecule has 2 nitrogen and oxygen atoms in total. The van der Waals surface area contributed by atoms with Crippen LogP contribution in [0.25, 0.3) is 0 Å². The Bertz CT molecular complexity index is 629. The van der Waals surface area contributed by atoms with Crippen LogP contribution < -0.4 is 5.32 Å². The number of alkyl halides is 2. The van der Waals surface area contributed by atoms with Crippen LogP contribution in [0.2, 0.25) is 5.02 Å². The van der Waals surface area contributed by atoms with E-state index in [9.17, 15) is 4.79 Å². The third-order valence-corrected chi connectivity index (χ3v) is 5.14. The van der Waals surface area contributed by atoms with Crippen LogP contribution in [0.3, 0.4) is 0 Å². The molecule has 0 saturated heterocycles. The zero-order valence-corrected chi connectivity index (χ0v) is 14.8. The van der Waals surface area contributed by atoms with Gasteiger partial charge in [-0.15, -0.1) is 23.2 Å². The highest BCUT2D eigenvalue weighted by molar-refractivity contribution is 8.00. The summed E-state index contributed by atoms with van der Waals surface area (Å²) in [6.07, 6.45) is 0. The summed E-state index contributed by atoms with van der Waals surface area (Å²) < 4.78 is 0. The lowest BCUT2D eigenvalue weighted by atomic mass is 10.2. The normalized spacial score (nSPS) is 12.2. The maximum Gasteiger partial charge on any atom is 0.252 e. The van der Waals surface area contributed by atoms with Crippen molar-refractivity contribution in [2.45, 2.75) is 22.0 Å². The molecule has 0 bridgehead atoms. The van der Waals surface area contributed by atoms with Crippen LogP contribution in [0.5, 0.6) is 0 Å². The van der Waals surface area contributed by atoms with Gasteiger partial charge in [0.2, 0.25) is 0 Å². The quantitative estimate of drug-likeness (QED) is 0.437. The summed E-state index contributed by atoms with van der Waals surface area (Å²) in [6.45, 7) is 2.01. The monoisotopic (exact) mass is 373 g/mol. The van der Waals surface area contributed by atoms with Crippen molar-refractivity contribution in [3.05, 3.63) is 64.7 Å². The second-order valence-electron chi connectivity index (χ2n) is 4.67. The Morgan fingerprint density at radius 2 is 1.64 bits per heavy atom. The highest BCUT2D eigenvalue weighted by atomic mass is 35.5. The summed E-state index contributed by atoms with van der Waals surface area (Å²) >= 11 is 19.2. The molecule has 0 unspecified atom stereocenters. The zero-order chi connectivity index (χ0) is 16.1. The molecule has 1 atom stereocenters. The fourth-order valence-electron chi connectivity index (χ4n) is 1.72. The average molecular weight is 375 g/mol. The van der Waals surface area contributed by atoms with Gasteiger partial charge in [-0.25, -0.2) is 0 Å². The second kappa shape index (κ2) is 8.11. The van der Waals surface area contributed by atoms with E-state index in [1.807, 2.05) is 31.2 Å². The highest BCUT2D eigenvalue weighted by Crippen LogP contribution is 2.28. The average Bonchev–Trinajstić information content (AvgIpc) is 2.49. The lowest BCUT2D eigenvalue weighted by molar-refractivity contribution is 0.0951. The predicted octanol–water partition coefficient (Wildman–Crippen LogP) is 5.30. The molecule has 6 heteroatoms. The summed E-state index contributed by atoms with van der Waals surface area (Å²) in [5.74, 6) is -0.243. The van der Waals surface area contributed by atoms with Crippen molar-refractivity contribution in [1.29, 1.82) is 0 Å². The van der Waals surface area contributed by atoms with E-state index in [0.717, 1.165) is 4.90 Å². The number of rotatable bonds is 5. The van der Waals surface area contributed by atoms with Crippen LogP contribution in [-0.4, -0.2) is 16.1 Å². The summed E-state index contributed by atoms with van der Waals surface area (Å²) in [5.41, 5.74) is 1.67.